The van der Waals surface area contributed by atoms with Crippen LogP contribution >= 0.6 is 23.2 Å². The largest absolute Gasteiger partial charge is 0.484 e. The van der Waals surface area contributed by atoms with Crippen LogP contribution in [0.25, 0.3) is 11.3 Å². The molecule has 18 nitrogen and oxygen atoms in total. The van der Waals surface area contributed by atoms with E-state index in [0.717, 1.165) is 0 Å². The molecule has 4 aliphatic heterocycles. The van der Waals surface area contributed by atoms with Crippen LogP contribution in [-0.2, 0) is 12.8 Å². The van der Waals surface area contributed by atoms with Gasteiger partial charge in [-0.05, 0) is 26.0 Å². The number of hydrogen-bond acceptors (Lipinski definition) is 14. The molecule has 1 unspecified atom stereocenters. The fourth-order valence-electron chi connectivity index (χ4n) is 9.83. The minimum Gasteiger partial charge on any atom is -0.484 e. The monoisotopic (exact) mass is 1010 g/mol. The third kappa shape index (κ3) is 9.23. The van der Waals surface area contributed by atoms with Crippen LogP contribution in [0.5, 0.6) is 11.5 Å². The number of carbonyl (C=O) groups is 2. The summed E-state index contributed by atoms with van der Waals surface area (Å²) in [6, 6.07) is 6.05. The fraction of sp³-hybridized carbons (Fsp3) is 0.435. The Hall–Kier alpha value is -6.04. The van der Waals surface area contributed by atoms with E-state index in [2.05, 4.69) is 25.7 Å². The molecular formula is C46H48Cl2F4N12O6. The molecule has 0 radical (unpaired) electrons. The second-order valence-electron chi connectivity index (χ2n) is 18.6. The van der Waals surface area contributed by atoms with Crippen LogP contribution in [0, 0.1) is 0 Å². The lowest BCUT2D eigenvalue weighted by atomic mass is 9.98. The summed E-state index contributed by atoms with van der Waals surface area (Å²) < 4.78 is 71.0. The van der Waals surface area contributed by atoms with Gasteiger partial charge in [0.05, 0.1) is 89.4 Å². The van der Waals surface area contributed by atoms with Gasteiger partial charge in [-0.2, -0.15) is 10.2 Å². The zero-order valence-corrected chi connectivity index (χ0v) is 39.4. The van der Waals surface area contributed by atoms with Gasteiger partial charge in [0.15, 0.2) is 11.3 Å². The molecule has 70 heavy (non-hydrogen) atoms. The lowest BCUT2D eigenvalue weighted by molar-refractivity contribution is 0.0446. The first-order chi connectivity index (χ1) is 33.5. The van der Waals surface area contributed by atoms with E-state index in [4.69, 9.17) is 37.8 Å². The normalized spacial score (nSPS) is 21.7. The molecule has 2 amide bonds. The summed E-state index contributed by atoms with van der Waals surface area (Å²) in [7, 11) is 0. The summed E-state index contributed by atoms with van der Waals surface area (Å²) in [4.78, 5) is 45.1. The first-order valence-electron chi connectivity index (χ1n) is 22.6. The van der Waals surface area contributed by atoms with Crippen molar-refractivity contribution in [3.05, 3.63) is 93.2 Å². The van der Waals surface area contributed by atoms with Crippen LogP contribution in [0.1, 0.15) is 57.4 Å². The summed E-state index contributed by atoms with van der Waals surface area (Å²) in [5.74, 6) is -0.245. The first-order valence-corrected chi connectivity index (χ1v) is 23.4. The summed E-state index contributed by atoms with van der Waals surface area (Å²) in [5, 5.41) is 36.1. The highest BCUT2D eigenvalue weighted by atomic mass is 35.5. The molecule has 2 aromatic carbocycles. The molecule has 2 fully saturated rings. The number of alkyl halides is 4. The predicted molar refractivity (Wildman–Crippen MR) is 252 cm³/mol. The van der Waals surface area contributed by atoms with E-state index in [1.54, 1.807) is 47.9 Å². The van der Waals surface area contributed by atoms with Crippen LogP contribution in [0.15, 0.2) is 55.2 Å². The number of hydrogen-bond donors (Lipinski definition) is 4. The van der Waals surface area contributed by atoms with E-state index in [-0.39, 0.29) is 72.5 Å². The standard InChI is InChI=1S/C46H48Cl2F4N12O6/c1-45(23-65)13-25-9-30(32(11-35(25)69-45)60-5-3-59(4-6-60)21-37(49)50)57-44(68)39-40(58-64-19-28(48)16-54-42(39)64)34-20-61(7-8-62(34)22-38(51)52)33-12-36-26(14-46(2,24-66)70-36)10-31(33)56-43(67)29-17-55-63-18-27(47)15-53-41(29)63/h9-12,15-19,34,37-38,65-66H,3-8,13-14,20-24H2,1-2H3,(H,56,67)(H,57,68)/t34?,45-,46+/m1/s1. The maximum Gasteiger partial charge on any atom is 0.261 e. The third-order valence-corrected chi connectivity index (χ3v) is 13.6. The van der Waals surface area contributed by atoms with Gasteiger partial charge in [0, 0.05) is 94.3 Å². The van der Waals surface area contributed by atoms with Crippen LogP contribution in [0.2, 0.25) is 10.0 Å². The van der Waals surface area contributed by atoms with Crippen molar-refractivity contribution in [3.63, 3.8) is 0 Å². The van der Waals surface area contributed by atoms with Crippen LogP contribution < -0.4 is 29.9 Å². The number of fused-ring (bicyclic) bond motifs is 4. The van der Waals surface area contributed by atoms with Gasteiger partial charge in [-0.3, -0.25) is 19.4 Å². The van der Waals surface area contributed by atoms with E-state index in [1.165, 1.54) is 40.0 Å². The van der Waals surface area contributed by atoms with Crippen LogP contribution in [0.3, 0.4) is 0 Å². The lowest BCUT2D eigenvalue weighted by Gasteiger charge is -2.42. The molecule has 0 aliphatic carbocycles. The Morgan fingerprint density at radius 1 is 0.743 bits per heavy atom. The number of halogens is 6. The summed E-state index contributed by atoms with van der Waals surface area (Å²) >= 11 is 12.6. The highest BCUT2D eigenvalue weighted by molar-refractivity contribution is 6.30. The second kappa shape index (κ2) is 18.6. The smallest absolute Gasteiger partial charge is 0.261 e. The van der Waals surface area contributed by atoms with Gasteiger partial charge in [-0.25, -0.2) is 36.6 Å². The molecule has 8 heterocycles. The fourth-order valence-corrected chi connectivity index (χ4v) is 10.1. The van der Waals surface area contributed by atoms with Gasteiger partial charge in [0.1, 0.15) is 33.8 Å². The summed E-state index contributed by atoms with van der Waals surface area (Å²) in [6.07, 6.45) is 2.48. The zero-order valence-electron chi connectivity index (χ0n) is 37.9. The third-order valence-electron chi connectivity index (χ3n) is 13.3. The number of aromatic nitrogens is 6. The zero-order chi connectivity index (χ0) is 49.2. The van der Waals surface area contributed by atoms with E-state index in [9.17, 15) is 32.6 Å². The molecule has 4 N–H and O–H groups in total. The van der Waals surface area contributed by atoms with Crippen molar-refractivity contribution >= 4 is 69.1 Å². The Bertz CT molecular complexity index is 3010. The summed E-state index contributed by atoms with van der Waals surface area (Å²) in [6.45, 7) is 3.53. The van der Waals surface area contributed by atoms with Crippen molar-refractivity contribution in [1.82, 2.24) is 39.0 Å². The lowest BCUT2D eigenvalue weighted by Crippen LogP contribution is -2.50. The van der Waals surface area contributed by atoms with Crippen LogP contribution in [-0.4, -0.2) is 157 Å². The number of benzene rings is 2. The highest BCUT2D eigenvalue weighted by Gasteiger charge is 2.41. The van der Waals surface area contributed by atoms with Gasteiger partial charge in [0.25, 0.3) is 24.7 Å². The second-order valence-corrected chi connectivity index (χ2v) is 19.4. The maximum atomic E-state index is 15.1. The average Bonchev–Trinajstić information content (AvgIpc) is 4.09. The molecule has 0 bridgehead atoms. The Kier molecular flexibility index (Phi) is 12.7. The number of aliphatic hydroxyl groups is 2. The molecule has 4 aliphatic rings. The molecule has 3 atom stereocenters. The van der Waals surface area contributed by atoms with E-state index >= 15 is 4.79 Å². The number of carbonyl (C=O) groups excluding carboxylic acids is 2. The first kappa shape index (κ1) is 47.6. The Labute approximate surface area is 407 Å². The van der Waals surface area contributed by atoms with Crippen molar-refractivity contribution in [2.45, 2.75) is 56.8 Å². The Morgan fingerprint density at radius 3 is 1.90 bits per heavy atom. The molecular weight excluding hydrogens is 963 g/mol. The molecule has 0 spiro atoms. The number of nitrogens with zero attached hydrogens (tertiary/aromatic N) is 10. The minimum atomic E-state index is -2.77. The molecule has 370 valence electrons. The molecule has 2 saturated heterocycles. The summed E-state index contributed by atoms with van der Waals surface area (Å²) in [5.41, 5.74) is 1.88. The number of ether oxygens (including phenoxy) is 2. The number of aliphatic hydroxyl groups excluding tert-OH is 2. The Balaban J connectivity index is 1.03. The van der Waals surface area contributed by atoms with Gasteiger partial charge in [-0.1, -0.05) is 23.2 Å². The number of piperazine rings is 2. The molecule has 10 rings (SSSR count). The average molecular weight is 1010 g/mol. The van der Waals surface area contributed by atoms with Crippen molar-refractivity contribution in [1.29, 1.82) is 0 Å². The van der Waals surface area contributed by atoms with Gasteiger partial charge in [0.2, 0.25) is 0 Å². The van der Waals surface area contributed by atoms with Crippen LogP contribution in [0.4, 0.5) is 40.3 Å². The van der Waals surface area contributed by atoms with Crippen molar-refractivity contribution in [2.75, 3.05) is 92.5 Å². The van der Waals surface area contributed by atoms with E-state index < -0.39 is 48.5 Å². The molecule has 4 aromatic heterocycles. The number of nitrogens with one attached hydrogen (secondary N) is 2. The van der Waals surface area contributed by atoms with E-state index in [0.29, 0.717) is 89.4 Å². The van der Waals surface area contributed by atoms with Crippen molar-refractivity contribution < 1.29 is 46.8 Å². The number of anilines is 4. The SMILES string of the molecule is C[C@]1(CO)Cc2cc(NC(=O)c3c(C4CN(c5cc6c(cc5NC(=O)c5cnn7cc(Cl)cnc57)C[C@@](C)(CO)O6)CCN4CC(F)F)nn4cc(Cl)cnc34)c(N3CCN(CC(F)F)CC3)cc2O1. The molecule has 0 saturated carbocycles. The van der Waals surface area contributed by atoms with E-state index in [1.807, 2.05) is 9.80 Å². The maximum absolute atomic E-state index is 15.1. The highest BCUT2D eigenvalue weighted by Crippen LogP contribution is 2.45. The predicted octanol–water partition coefficient (Wildman–Crippen LogP) is 5.47. The van der Waals surface area contributed by atoms with Gasteiger partial charge in [-0.15, -0.1) is 0 Å². The molecule has 24 heteroatoms. The topological polar surface area (TPSA) is 190 Å². The molecule has 6 aromatic rings. The van der Waals surface area contributed by atoms with Crippen molar-refractivity contribution in [2.24, 2.45) is 0 Å². The number of amides is 2. The van der Waals surface area contributed by atoms with Crippen molar-refractivity contribution in [3.8, 4) is 11.5 Å². The quantitative estimate of drug-likeness (QED) is 0.107. The number of rotatable bonds is 13. The minimum absolute atomic E-state index is 0.0161. The van der Waals surface area contributed by atoms with Gasteiger partial charge < -0.3 is 40.1 Å². The van der Waals surface area contributed by atoms with Gasteiger partial charge >= 0.3 is 0 Å². The Morgan fingerprint density at radius 2 is 1.30 bits per heavy atom.